The summed E-state index contributed by atoms with van der Waals surface area (Å²) < 4.78 is 10.7. The zero-order valence-electron chi connectivity index (χ0n) is 9.06. The molecule has 3 rings (SSSR count). The molecular weight excluding hydrogens is 206 g/mol. The summed E-state index contributed by atoms with van der Waals surface area (Å²) in [5.74, 6) is 1.65. The van der Waals surface area contributed by atoms with Gasteiger partial charge in [-0.3, -0.25) is 15.4 Å². The van der Waals surface area contributed by atoms with Crippen molar-refractivity contribution in [1.29, 1.82) is 0 Å². The van der Waals surface area contributed by atoms with Crippen LogP contribution in [0.15, 0.2) is 17.1 Å². The fourth-order valence-corrected chi connectivity index (χ4v) is 1.85. The lowest BCUT2D eigenvalue weighted by molar-refractivity contribution is 0.173. The van der Waals surface area contributed by atoms with E-state index in [0.717, 1.165) is 35.8 Å². The highest BCUT2D eigenvalue weighted by Crippen LogP contribution is 2.39. The molecule has 0 bridgehead atoms. The van der Waals surface area contributed by atoms with Crippen LogP contribution in [0, 0.1) is 6.92 Å². The van der Waals surface area contributed by atoms with Crippen molar-refractivity contribution >= 4 is 12.0 Å². The van der Waals surface area contributed by atoms with E-state index in [2.05, 4.69) is 10.4 Å². The maximum absolute atomic E-state index is 5.42. The Balaban J connectivity index is 1.87. The van der Waals surface area contributed by atoms with Crippen LogP contribution in [0.3, 0.4) is 0 Å². The van der Waals surface area contributed by atoms with Gasteiger partial charge in [0.1, 0.15) is 6.34 Å². The summed E-state index contributed by atoms with van der Waals surface area (Å²) in [7, 11) is 0. The average Bonchev–Trinajstić information content (AvgIpc) is 2.93. The lowest BCUT2D eigenvalue weighted by Gasteiger charge is -2.18. The smallest absolute Gasteiger partial charge is 0.231 e. The van der Waals surface area contributed by atoms with Gasteiger partial charge in [-0.15, -0.1) is 0 Å². The number of hydrogen-bond acceptors (Lipinski definition) is 5. The molecule has 0 aromatic heterocycles. The van der Waals surface area contributed by atoms with Crippen LogP contribution >= 0.6 is 0 Å². The van der Waals surface area contributed by atoms with E-state index in [1.165, 1.54) is 0 Å². The van der Waals surface area contributed by atoms with Crippen LogP contribution in [0.5, 0.6) is 11.5 Å². The predicted molar refractivity (Wildman–Crippen MR) is 61.0 cm³/mol. The molecule has 16 heavy (non-hydrogen) atoms. The molecular formula is C11H13N3O2. The molecule has 84 valence electrons. The first-order chi connectivity index (χ1) is 7.84. The molecule has 5 heteroatoms. The lowest BCUT2D eigenvalue weighted by atomic mass is 10.1. The second kappa shape index (κ2) is 3.59. The van der Waals surface area contributed by atoms with E-state index in [1.54, 1.807) is 0 Å². The van der Waals surface area contributed by atoms with Crippen LogP contribution in [0.4, 0.5) is 5.69 Å². The molecule has 2 aliphatic heterocycles. The number of benzene rings is 1. The molecule has 1 aromatic rings. The summed E-state index contributed by atoms with van der Waals surface area (Å²) >= 11 is 0. The van der Waals surface area contributed by atoms with E-state index in [-0.39, 0.29) is 0 Å². The Labute approximate surface area is 93.6 Å². The van der Waals surface area contributed by atoms with Gasteiger partial charge in [0.15, 0.2) is 11.5 Å². The van der Waals surface area contributed by atoms with Crippen LogP contribution in [0.2, 0.25) is 0 Å². The Hall–Kier alpha value is -1.91. The van der Waals surface area contributed by atoms with Gasteiger partial charge in [0, 0.05) is 5.56 Å². The van der Waals surface area contributed by atoms with Gasteiger partial charge in [-0.25, -0.2) is 0 Å². The van der Waals surface area contributed by atoms with Gasteiger partial charge in [0.2, 0.25) is 6.79 Å². The highest BCUT2D eigenvalue weighted by molar-refractivity contribution is 5.66. The number of aliphatic imine (C=N–C) groups is 1. The van der Waals surface area contributed by atoms with Gasteiger partial charge in [-0.1, -0.05) is 0 Å². The number of hydrazine groups is 1. The molecule has 0 amide bonds. The van der Waals surface area contributed by atoms with Crippen LogP contribution in [0.1, 0.15) is 5.56 Å². The molecule has 0 unspecified atom stereocenters. The molecule has 0 spiro atoms. The zero-order chi connectivity index (χ0) is 11.0. The highest BCUT2D eigenvalue weighted by atomic mass is 16.7. The fourth-order valence-electron chi connectivity index (χ4n) is 1.85. The third-order valence-electron chi connectivity index (χ3n) is 2.74. The molecule has 0 atom stereocenters. The fraction of sp³-hybridized carbons (Fsp3) is 0.364. The average molecular weight is 219 g/mol. The first-order valence-electron chi connectivity index (χ1n) is 5.27. The summed E-state index contributed by atoms with van der Waals surface area (Å²) in [5.41, 5.74) is 5.38. The van der Waals surface area contributed by atoms with E-state index in [4.69, 9.17) is 9.47 Å². The molecule has 1 N–H and O–H groups in total. The number of nitrogens with zero attached hydrogens (tertiary/aromatic N) is 2. The minimum absolute atomic E-state index is 0.310. The molecule has 5 nitrogen and oxygen atoms in total. The highest BCUT2D eigenvalue weighted by Gasteiger charge is 2.18. The molecule has 0 saturated carbocycles. The van der Waals surface area contributed by atoms with Crippen LogP contribution in [-0.4, -0.2) is 31.2 Å². The van der Waals surface area contributed by atoms with Crippen molar-refractivity contribution in [2.45, 2.75) is 6.92 Å². The van der Waals surface area contributed by atoms with E-state index >= 15 is 0 Å². The van der Waals surface area contributed by atoms with Crippen LogP contribution < -0.4 is 14.9 Å². The van der Waals surface area contributed by atoms with Gasteiger partial charge in [0.25, 0.3) is 0 Å². The van der Waals surface area contributed by atoms with Crippen molar-refractivity contribution in [2.75, 3.05) is 25.3 Å². The SMILES string of the molecule is Cc1c(NN2C=NCC2)ccc2c1OCO2. The Bertz CT molecular complexity index is 445. The topological polar surface area (TPSA) is 46.1 Å². The van der Waals surface area contributed by atoms with Crippen LogP contribution in [-0.2, 0) is 0 Å². The largest absolute Gasteiger partial charge is 0.454 e. The molecule has 0 radical (unpaired) electrons. The van der Waals surface area contributed by atoms with Crippen molar-refractivity contribution in [3.63, 3.8) is 0 Å². The number of nitrogens with one attached hydrogen (secondary N) is 1. The summed E-state index contributed by atoms with van der Waals surface area (Å²) in [4.78, 5) is 4.15. The van der Waals surface area contributed by atoms with Crippen molar-refractivity contribution in [3.8, 4) is 11.5 Å². The minimum atomic E-state index is 0.310. The normalized spacial score (nSPS) is 16.9. The number of hydrogen-bond donors (Lipinski definition) is 1. The first kappa shape index (κ1) is 9.33. The van der Waals surface area contributed by atoms with Crippen molar-refractivity contribution in [2.24, 2.45) is 4.99 Å². The van der Waals surface area contributed by atoms with Gasteiger partial charge < -0.3 is 9.47 Å². The summed E-state index contributed by atoms with van der Waals surface area (Å²) in [5, 5.41) is 1.96. The van der Waals surface area contributed by atoms with Gasteiger partial charge >= 0.3 is 0 Å². The second-order valence-corrected chi connectivity index (χ2v) is 3.80. The van der Waals surface area contributed by atoms with Crippen molar-refractivity contribution in [1.82, 2.24) is 5.01 Å². The quantitative estimate of drug-likeness (QED) is 0.816. The summed E-state index contributed by atoms with van der Waals surface area (Å²) in [6.45, 7) is 4.07. The van der Waals surface area contributed by atoms with Gasteiger partial charge in [-0.05, 0) is 19.1 Å². The Morgan fingerprint density at radius 3 is 3.12 bits per heavy atom. The molecule has 1 aromatic carbocycles. The van der Waals surface area contributed by atoms with Gasteiger partial charge in [-0.2, -0.15) is 0 Å². The van der Waals surface area contributed by atoms with Crippen molar-refractivity contribution in [3.05, 3.63) is 17.7 Å². The number of fused-ring (bicyclic) bond motifs is 1. The monoisotopic (exact) mass is 219 g/mol. The molecule has 0 fully saturated rings. The summed E-state index contributed by atoms with van der Waals surface area (Å²) in [6.07, 6.45) is 1.81. The van der Waals surface area contributed by atoms with E-state index in [9.17, 15) is 0 Å². The third kappa shape index (κ3) is 1.44. The van der Waals surface area contributed by atoms with Crippen LogP contribution in [0.25, 0.3) is 0 Å². The number of anilines is 1. The Morgan fingerprint density at radius 2 is 2.31 bits per heavy atom. The molecule has 0 saturated heterocycles. The minimum Gasteiger partial charge on any atom is -0.454 e. The zero-order valence-corrected chi connectivity index (χ0v) is 9.06. The van der Waals surface area contributed by atoms with E-state index < -0.39 is 0 Å². The second-order valence-electron chi connectivity index (χ2n) is 3.80. The summed E-state index contributed by atoms with van der Waals surface area (Å²) in [6, 6.07) is 3.92. The molecule has 2 heterocycles. The first-order valence-corrected chi connectivity index (χ1v) is 5.27. The predicted octanol–water partition coefficient (Wildman–Crippen LogP) is 1.39. The third-order valence-corrected chi connectivity index (χ3v) is 2.74. The standard InChI is InChI=1S/C11H13N3O2/c1-8-9(13-14-5-4-12-6-14)2-3-10-11(8)16-7-15-10/h2-3,6,13H,4-5,7H2,1H3. The van der Waals surface area contributed by atoms with E-state index in [0.29, 0.717) is 6.79 Å². The Morgan fingerprint density at radius 1 is 1.38 bits per heavy atom. The number of rotatable bonds is 2. The number of ether oxygens (including phenoxy) is 2. The molecule has 0 aliphatic carbocycles. The van der Waals surface area contributed by atoms with E-state index in [1.807, 2.05) is 30.4 Å². The molecule has 2 aliphatic rings. The lowest BCUT2D eigenvalue weighted by Crippen LogP contribution is -2.26. The van der Waals surface area contributed by atoms with Gasteiger partial charge in [0.05, 0.1) is 18.8 Å². The Kier molecular flexibility index (Phi) is 2.09. The maximum Gasteiger partial charge on any atom is 0.231 e. The maximum atomic E-state index is 5.42. The van der Waals surface area contributed by atoms with Crippen molar-refractivity contribution < 1.29 is 9.47 Å².